The summed E-state index contributed by atoms with van der Waals surface area (Å²) in [5, 5.41) is 22.9. The molecule has 1 heterocycles. The number of benzene rings is 1. The van der Waals surface area contributed by atoms with Crippen molar-refractivity contribution < 1.29 is 19.6 Å². The molecule has 146 valence electrons. The van der Waals surface area contributed by atoms with Gasteiger partial charge in [-0.1, -0.05) is 12.1 Å². The van der Waals surface area contributed by atoms with Gasteiger partial charge < -0.3 is 15.3 Å². The van der Waals surface area contributed by atoms with E-state index >= 15 is 0 Å². The van der Waals surface area contributed by atoms with Gasteiger partial charge in [0.2, 0.25) is 0 Å². The maximum absolute atomic E-state index is 12.6. The van der Waals surface area contributed by atoms with Crippen LogP contribution in [0.1, 0.15) is 50.0 Å². The molecule has 1 atom stereocenters. The lowest BCUT2D eigenvalue weighted by atomic mass is 9.86. The number of carboxylic acid groups (broad SMARTS) is 1. The first-order valence-electron chi connectivity index (χ1n) is 9.46. The maximum atomic E-state index is 12.6. The lowest BCUT2D eigenvalue weighted by molar-refractivity contribution is -0.384. The number of nitrogens with zero attached hydrogens (tertiary/aromatic N) is 2. The number of likely N-dealkylation sites (tertiary alicyclic amines) is 1. The first kappa shape index (κ1) is 19.1. The summed E-state index contributed by atoms with van der Waals surface area (Å²) in [5.74, 6) is -0.866. The van der Waals surface area contributed by atoms with Gasteiger partial charge >= 0.3 is 12.0 Å². The summed E-state index contributed by atoms with van der Waals surface area (Å²) >= 11 is 0. The fourth-order valence-electron chi connectivity index (χ4n) is 4.05. The summed E-state index contributed by atoms with van der Waals surface area (Å²) in [6, 6.07) is 6.51. The van der Waals surface area contributed by atoms with Crippen molar-refractivity contribution in [3.8, 4) is 0 Å². The fourth-order valence-corrected chi connectivity index (χ4v) is 4.05. The molecule has 1 aliphatic heterocycles. The van der Waals surface area contributed by atoms with Crippen molar-refractivity contribution in [2.75, 3.05) is 13.1 Å². The Labute approximate surface area is 157 Å². The molecule has 0 radical (unpaired) electrons. The van der Waals surface area contributed by atoms with Crippen LogP contribution in [0.15, 0.2) is 24.3 Å². The molecule has 1 saturated carbocycles. The van der Waals surface area contributed by atoms with Crippen LogP contribution in [-0.2, 0) is 4.79 Å². The van der Waals surface area contributed by atoms with E-state index < -0.39 is 10.9 Å². The molecule has 1 aromatic rings. The number of amides is 2. The van der Waals surface area contributed by atoms with Crippen LogP contribution in [0.5, 0.6) is 0 Å². The SMILES string of the molecule is O=C(O)C1CCC(NC(=O)N2CCCC(c3ccc([N+](=O)[O-])cc3)C2)CC1. The molecule has 0 aromatic heterocycles. The van der Waals surface area contributed by atoms with Gasteiger partial charge in [0.1, 0.15) is 0 Å². The van der Waals surface area contributed by atoms with E-state index in [0.29, 0.717) is 38.8 Å². The molecule has 2 amide bonds. The number of hydrogen-bond acceptors (Lipinski definition) is 4. The second kappa shape index (κ2) is 8.37. The fraction of sp³-hybridized carbons (Fsp3) is 0.579. The van der Waals surface area contributed by atoms with Crippen molar-refractivity contribution >= 4 is 17.7 Å². The molecular weight excluding hydrogens is 350 g/mol. The van der Waals surface area contributed by atoms with Crippen molar-refractivity contribution in [3.63, 3.8) is 0 Å². The lowest BCUT2D eigenvalue weighted by Crippen LogP contribution is -2.49. The minimum atomic E-state index is -0.748. The van der Waals surface area contributed by atoms with Crippen LogP contribution in [-0.4, -0.2) is 46.1 Å². The van der Waals surface area contributed by atoms with E-state index in [2.05, 4.69) is 5.32 Å². The number of rotatable bonds is 4. The number of non-ortho nitro benzene ring substituents is 1. The second-order valence-electron chi connectivity index (χ2n) is 7.47. The monoisotopic (exact) mass is 375 g/mol. The molecule has 8 nitrogen and oxygen atoms in total. The second-order valence-corrected chi connectivity index (χ2v) is 7.47. The molecule has 2 fully saturated rings. The van der Waals surface area contributed by atoms with E-state index in [9.17, 15) is 19.7 Å². The minimum Gasteiger partial charge on any atom is -0.481 e. The van der Waals surface area contributed by atoms with E-state index in [1.54, 1.807) is 17.0 Å². The number of carbonyl (C=O) groups is 2. The standard InChI is InChI=1S/C19H25N3O5/c23-18(24)14-3-7-16(8-4-14)20-19(25)21-11-1-2-15(12-21)13-5-9-17(10-6-13)22(26)27/h5-6,9-10,14-16H,1-4,7-8,11-12H2,(H,20,25)(H,23,24). The van der Waals surface area contributed by atoms with Gasteiger partial charge in [0, 0.05) is 37.2 Å². The summed E-state index contributed by atoms with van der Waals surface area (Å²) in [4.78, 5) is 35.8. The number of nitrogens with one attached hydrogen (secondary N) is 1. The van der Waals surface area contributed by atoms with Gasteiger partial charge in [0.05, 0.1) is 10.8 Å². The number of aliphatic carboxylic acids is 1. The Morgan fingerprint density at radius 3 is 2.37 bits per heavy atom. The van der Waals surface area contributed by atoms with Gasteiger partial charge in [0.25, 0.3) is 5.69 Å². The summed E-state index contributed by atoms with van der Waals surface area (Å²) in [6.07, 6.45) is 4.44. The molecule has 2 aliphatic rings. The average molecular weight is 375 g/mol. The molecule has 8 heteroatoms. The molecule has 0 bridgehead atoms. The van der Waals surface area contributed by atoms with Gasteiger partial charge in [-0.05, 0) is 44.1 Å². The highest BCUT2D eigenvalue weighted by Gasteiger charge is 2.30. The Morgan fingerprint density at radius 2 is 1.78 bits per heavy atom. The van der Waals surface area contributed by atoms with Crippen LogP contribution in [0, 0.1) is 16.0 Å². The smallest absolute Gasteiger partial charge is 0.317 e. The zero-order chi connectivity index (χ0) is 19.4. The highest BCUT2D eigenvalue weighted by molar-refractivity contribution is 5.75. The van der Waals surface area contributed by atoms with Crippen LogP contribution in [0.2, 0.25) is 0 Å². The van der Waals surface area contributed by atoms with Crippen molar-refractivity contribution in [1.29, 1.82) is 0 Å². The quantitative estimate of drug-likeness (QED) is 0.620. The summed E-state index contributed by atoms with van der Waals surface area (Å²) in [5.41, 5.74) is 1.08. The first-order chi connectivity index (χ1) is 12.9. The van der Waals surface area contributed by atoms with Crippen molar-refractivity contribution in [1.82, 2.24) is 10.2 Å². The van der Waals surface area contributed by atoms with E-state index in [-0.39, 0.29) is 29.6 Å². The third-order valence-electron chi connectivity index (χ3n) is 5.69. The third-order valence-corrected chi connectivity index (χ3v) is 5.69. The van der Waals surface area contributed by atoms with E-state index in [1.807, 2.05) is 0 Å². The number of nitro benzene ring substituents is 1. The van der Waals surface area contributed by atoms with Gasteiger partial charge in [-0.25, -0.2) is 4.79 Å². The number of urea groups is 1. The molecule has 1 aromatic carbocycles. The zero-order valence-electron chi connectivity index (χ0n) is 15.2. The van der Waals surface area contributed by atoms with Crippen LogP contribution in [0.4, 0.5) is 10.5 Å². The molecule has 1 unspecified atom stereocenters. The topological polar surface area (TPSA) is 113 Å². The largest absolute Gasteiger partial charge is 0.481 e. The Balaban J connectivity index is 1.53. The van der Waals surface area contributed by atoms with Gasteiger partial charge in [-0.2, -0.15) is 0 Å². The van der Waals surface area contributed by atoms with Crippen LogP contribution < -0.4 is 5.32 Å². The molecule has 27 heavy (non-hydrogen) atoms. The molecule has 0 spiro atoms. The maximum Gasteiger partial charge on any atom is 0.317 e. The zero-order valence-corrected chi connectivity index (χ0v) is 15.2. The summed E-state index contributed by atoms with van der Waals surface area (Å²) in [7, 11) is 0. The highest BCUT2D eigenvalue weighted by Crippen LogP contribution is 2.29. The van der Waals surface area contributed by atoms with Gasteiger partial charge in [-0.15, -0.1) is 0 Å². The van der Waals surface area contributed by atoms with Gasteiger partial charge in [-0.3, -0.25) is 14.9 Å². The molecule has 1 saturated heterocycles. The highest BCUT2D eigenvalue weighted by atomic mass is 16.6. The number of nitro groups is 1. The normalized spacial score (nSPS) is 25.6. The Kier molecular flexibility index (Phi) is 5.93. The van der Waals surface area contributed by atoms with E-state index in [4.69, 9.17) is 5.11 Å². The van der Waals surface area contributed by atoms with Crippen LogP contribution in [0.25, 0.3) is 0 Å². The van der Waals surface area contributed by atoms with Gasteiger partial charge in [0.15, 0.2) is 0 Å². The average Bonchev–Trinajstić information content (AvgIpc) is 2.68. The Hall–Kier alpha value is -2.64. The third kappa shape index (κ3) is 4.75. The van der Waals surface area contributed by atoms with Crippen LogP contribution >= 0.6 is 0 Å². The molecular formula is C19H25N3O5. The number of hydrogen-bond donors (Lipinski definition) is 2. The predicted octanol–water partition coefficient (Wildman–Crippen LogP) is 3.13. The minimum absolute atomic E-state index is 0.0350. The van der Waals surface area contributed by atoms with Crippen molar-refractivity contribution in [2.24, 2.45) is 5.92 Å². The number of carbonyl (C=O) groups excluding carboxylic acids is 1. The number of piperidine rings is 1. The lowest BCUT2D eigenvalue weighted by Gasteiger charge is -2.35. The Bertz CT molecular complexity index is 698. The molecule has 3 rings (SSSR count). The number of carboxylic acids is 1. The Morgan fingerprint density at radius 1 is 1.11 bits per heavy atom. The van der Waals surface area contributed by atoms with E-state index in [1.165, 1.54) is 12.1 Å². The van der Waals surface area contributed by atoms with Crippen LogP contribution in [0.3, 0.4) is 0 Å². The molecule has 2 N–H and O–H groups in total. The van der Waals surface area contributed by atoms with E-state index in [0.717, 1.165) is 18.4 Å². The van der Waals surface area contributed by atoms with Crippen molar-refractivity contribution in [2.45, 2.75) is 50.5 Å². The predicted molar refractivity (Wildman–Crippen MR) is 98.6 cm³/mol. The molecule has 1 aliphatic carbocycles. The summed E-state index contributed by atoms with van der Waals surface area (Å²) < 4.78 is 0. The summed E-state index contributed by atoms with van der Waals surface area (Å²) in [6.45, 7) is 1.29. The first-order valence-corrected chi connectivity index (χ1v) is 9.46. The van der Waals surface area contributed by atoms with Crippen molar-refractivity contribution in [3.05, 3.63) is 39.9 Å².